The second-order valence-corrected chi connectivity index (χ2v) is 3.04. The molecule has 84 valence electrons. The summed E-state index contributed by atoms with van der Waals surface area (Å²) in [7, 11) is 0. The molecule has 0 fully saturated rings. The molecular weight excluding hydrogens is 219 g/mol. The molecule has 1 atom stereocenters. The highest BCUT2D eigenvalue weighted by Gasteiger charge is 2.42. The fraction of sp³-hybridized carbons (Fsp3) is 0.333. The summed E-state index contributed by atoms with van der Waals surface area (Å²) < 4.78 is 62.2. The van der Waals surface area contributed by atoms with Gasteiger partial charge >= 0.3 is 6.18 Å². The predicted octanol–water partition coefficient (Wildman–Crippen LogP) is 2.87. The topological polar surface area (TPSA) is 20.2 Å². The molecule has 0 saturated heterocycles. The van der Waals surface area contributed by atoms with Gasteiger partial charge in [0.1, 0.15) is 11.6 Å². The van der Waals surface area contributed by atoms with Crippen LogP contribution in [0.5, 0.6) is 0 Å². The van der Waals surface area contributed by atoms with Crippen molar-refractivity contribution < 1.29 is 27.1 Å². The zero-order valence-corrected chi connectivity index (χ0v) is 7.57. The van der Waals surface area contributed by atoms with E-state index in [0.717, 1.165) is 6.07 Å². The average Bonchev–Trinajstić information content (AvgIpc) is 2.10. The van der Waals surface area contributed by atoms with Gasteiger partial charge in [0, 0.05) is 0 Å². The van der Waals surface area contributed by atoms with Crippen LogP contribution in [-0.2, 0) is 0 Å². The van der Waals surface area contributed by atoms with Crippen LogP contribution in [0.2, 0.25) is 0 Å². The molecule has 0 aliphatic heterocycles. The molecule has 1 N–H and O–H groups in total. The molecule has 0 aliphatic rings. The Balaban J connectivity index is 3.31. The molecule has 1 aromatic rings. The van der Waals surface area contributed by atoms with Gasteiger partial charge < -0.3 is 5.11 Å². The van der Waals surface area contributed by atoms with Crippen molar-refractivity contribution in [1.82, 2.24) is 0 Å². The van der Waals surface area contributed by atoms with Crippen molar-refractivity contribution in [3.8, 4) is 0 Å². The molecular formula is C9H7F5O. The molecule has 1 rings (SSSR count). The Kier molecular flexibility index (Phi) is 2.99. The first-order valence-corrected chi connectivity index (χ1v) is 3.94. The monoisotopic (exact) mass is 226 g/mol. The van der Waals surface area contributed by atoms with Crippen LogP contribution in [0, 0.1) is 18.6 Å². The molecule has 0 unspecified atom stereocenters. The molecule has 0 spiro atoms. The molecule has 1 nitrogen and oxygen atoms in total. The first-order chi connectivity index (χ1) is 6.75. The van der Waals surface area contributed by atoms with Gasteiger partial charge in [0.05, 0.1) is 5.56 Å². The summed E-state index contributed by atoms with van der Waals surface area (Å²) >= 11 is 0. The zero-order valence-electron chi connectivity index (χ0n) is 7.57. The summed E-state index contributed by atoms with van der Waals surface area (Å²) in [5.74, 6) is -2.79. The fourth-order valence-electron chi connectivity index (χ4n) is 1.09. The van der Waals surface area contributed by atoms with Gasteiger partial charge in [-0.05, 0) is 18.6 Å². The van der Waals surface area contributed by atoms with Gasteiger partial charge in [0.15, 0.2) is 6.10 Å². The number of hydrogen-bond donors (Lipinski definition) is 1. The Morgan fingerprint density at radius 1 is 1.20 bits per heavy atom. The second kappa shape index (κ2) is 3.77. The summed E-state index contributed by atoms with van der Waals surface area (Å²) in [5, 5.41) is 8.74. The number of aliphatic hydroxyl groups excluding tert-OH is 1. The van der Waals surface area contributed by atoms with Crippen molar-refractivity contribution in [1.29, 1.82) is 0 Å². The van der Waals surface area contributed by atoms with E-state index in [1.54, 1.807) is 0 Å². The largest absolute Gasteiger partial charge is 0.418 e. The molecule has 0 bridgehead atoms. The maximum Gasteiger partial charge on any atom is 0.418 e. The van der Waals surface area contributed by atoms with E-state index in [2.05, 4.69) is 0 Å². The Bertz CT molecular complexity index is 372. The molecule has 0 heterocycles. The maximum atomic E-state index is 13.1. The van der Waals surface area contributed by atoms with Crippen LogP contribution in [-0.4, -0.2) is 11.3 Å². The molecule has 0 radical (unpaired) electrons. The lowest BCUT2D eigenvalue weighted by Gasteiger charge is -2.16. The van der Waals surface area contributed by atoms with Gasteiger partial charge in [-0.15, -0.1) is 0 Å². The molecule has 0 aromatic heterocycles. The molecule has 6 heteroatoms. The molecule has 0 amide bonds. The lowest BCUT2D eigenvalue weighted by molar-refractivity contribution is -0.208. The minimum absolute atomic E-state index is 0.158. The van der Waals surface area contributed by atoms with Crippen molar-refractivity contribution in [2.45, 2.75) is 19.2 Å². The number of aliphatic hydroxyl groups is 1. The summed E-state index contributed by atoms with van der Waals surface area (Å²) in [6.07, 6.45) is -8.23. The number of rotatable bonds is 1. The van der Waals surface area contributed by atoms with Crippen LogP contribution in [0.15, 0.2) is 12.1 Å². The second-order valence-electron chi connectivity index (χ2n) is 3.04. The lowest BCUT2D eigenvalue weighted by atomic mass is 10.0. The smallest absolute Gasteiger partial charge is 0.379 e. The number of alkyl halides is 3. The van der Waals surface area contributed by atoms with Crippen LogP contribution >= 0.6 is 0 Å². The molecule has 0 aliphatic carbocycles. The van der Waals surface area contributed by atoms with Crippen LogP contribution < -0.4 is 0 Å². The minimum atomic E-state index is -5.09. The predicted molar refractivity (Wildman–Crippen MR) is 42.1 cm³/mol. The number of hydrogen-bond acceptors (Lipinski definition) is 1. The van der Waals surface area contributed by atoms with E-state index in [4.69, 9.17) is 5.11 Å². The van der Waals surface area contributed by atoms with E-state index < -0.39 is 29.5 Å². The van der Waals surface area contributed by atoms with Crippen molar-refractivity contribution in [3.63, 3.8) is 0 Å². The van der Waals surface area contributed by atoms with Gasteiger partial charge in [0.25, 0.3) is 0 Å². The SMILES string of the molecule is Cc1ccc(F)c([C@@H](O)C(F)(F)F)c1F. The summed E-state index contributed by atoms with van der Waals surface area (Å²) in [5.41, 5.74) is -1.52. The summed E-state index contributed by atoms with van der Waals surface area (Å²) in [4.78, 5) is 0. The Labute approximate surface area is 82.1 Å². The summed E-state index contributed by atoms with van der Waals surface area (Å²) in [6, 6.07) is 1.68. The van der Waals surface area contributed by atoms with E-state index in [1.165, 1.54) is 6.92 Å². The lowest BCUT2D eigenvalue weighted by Crippen LogP contribution is -2.22. The van der Waals surface area contributed by atoms with Gasteiger partial charge in [-0.1, -0.05) is 6.07 Å². The highest BCUT2D eigenvalue weighted by atomic mass is 19.4. The quantitative estimate of drug-likeness (QED) is 0.730. The van der Waals surface area contributed by atoms with E-state index >= 15 is 0 Å². The Hall–Kier alpha value is -1.17. The van der Waals surface area contributed by atoms with Crippen molar-refractivity contribution in [3.05, 3.63) is 34.9 Å². The van der Waals surface area contributed by atoms with Crippen molar-refractivity contribution >= 4 is 0 Å². The Morgan fingerprint density at radius 3 is 2.20 bits per heavy atom. The molecule has 15 heavy (non-hydrogen) atoms. The third kappa shape index (κ3) is 2.26. The number of halogens is 5. The first-order valence-electron chi connectivity index (χ1n) is 3.94. The van der Waals surface area contributed by atoms with Crippen LogP contribution in [0.1, 0.15) is 17.2 Å². The molecule has 0 saturated carbocycles. The van der Waals surface area contributed by atoms with Gasteiger partial charge in [-0.2, -0.15) is 13.2 Å². The Morgan fingerprint density at radius 2 is 1.73 bits per heavy atom. The van der Waals surface area contributed by atoms with E-state index in [-0.39, 0.29) is 5.56 Å². The van der Waals surface area contributed by atoms with E-state index in [1.807, 2.05) is 0 Å². The first kappa shape index (κ1) is 11.9. The third-order valence-electron chi connectivity index (χ3n) is 1.90. The standard InChI is InChI=1S/C9H7F5O/c1-4-2-3-5(10)6(7(4)11)8(15)9(12,13)14/h2-3,8,15H,1H3/t8-/m1/s1. The maximum absolute atomic E-state index is 13.1. The molecule has 1 aromatic carbocycles. The van der Waals surface area contributed by atoms with Gasteiger partial charge in [-0.3, -0.25) is 0 Å². The van der Waals surface area contributed by atoms with E-state index in [0.29, 0.717) is 6.07 Å². The van der Waals surface area contributed by atoms with E-state index in [9.17, 15) is 22.0 Å². The van der Waals surface area contributed by atoms with Gasteiger partial charge in [0.2, 0.25) is 0 Å². The van der Waals surface area contributed by atoms with Crippen LogP contribution in [0.25, 0.3) is 0 Å². The minimum Gasteiger partial charge on any atom is -0.379 e. The third-order valence-corrected chi connectivity index (χ3v) is 1.90. The van der Waals surface area contributed by atoms with Crippen molar-refractivity contribution in [2.24, 2.45) is 0 Å². The van der Waals surface area contributed by atoms with Crippen LogP contribution in [0.4, 0.5) is 22.0 Å². The normalized spacial score (nSPS) is 14.1. The van der Waals surface area contributed by atoms with Gasteiger partial charge in [-0.25, -0.2) is 8.78 Å². The number of aryl methyl sites for hydroxylation is 1. The zero-order chi connectivity index (χ0) is 11.8. The van der Waals surface area contributed by atoms with Crippen LogP contribution in [0.3, 0.4) is 0 Å². The average molecular weight is 226 g/mol. The summed E-state index contributed by atoms with van der Waals surface area (Å²) in [6.45, 7) is 1.18. The highest BCUT2D eigenvalue weighted by molar-refractivity contribution is 5.29. The highest BCUT2D eigenvalue weighted by Crippen LogP contribution is 2.35. The fourth-order valence-corrected chi connectivity index (χ4v) is 1.09. The number of benzene rings is 1. The van der Waals surface area contributed by atoms with Crippen molar-refractivity contribution in [2.75, 3.05) is 0 Å².